The second-order valence-corrected chi connectivity index (χ2v) is 6.69. The molecule has 0 aliphatic carbocycles. The molecule has 6 heteroatoms. The third-order valence-corrected chi connectivity index (χ3v) is 5.26. The van der Waals surface area contributed by atoms with E-state index in [1.165, 1.54) is 16.7 Å². The van der Waals surface area contributed by atoms with E-state index in [2.05, 4.69) is 0 Å². The van der Waals surface area contributed by atoms with Crippen molar-refractivity contribution in [1.29, 1.82) is 0 Å². The van der Waals surface area contributed by atoms with Crippen molar-refractivity contribution in [2.75, 3.05) is 19.1 Å². The van der Waals surface area contributed by atoms with Crippen molar-refractivity contribution in [3.8, 4) is 5.75 Å². The van der Waals surface area contributed by atoms with E-state index in [9.17, 15) is 9.59 Å². The van der Waals surface area contributed by atoms with Gasteiger partial charge in [-0.2, -0.15) is 0 Å². The van der Waals surface area contributed by atoms with E-state index in [0.717, 1.165) is 10.5 Å². The summed E-state index contributed by atoms with van der Waals surface area (Å²) in [6, 6.07) is 12.5. The van der Waals surface area contributed by atoms with Crippen molar-refractivity contribution in [2.24, 2.45) is 0 Å². The zero-order valence-corrected chi connectivity index (χ0v) is 14.1. The van der Waals surface area contributed by atoms with E-state index in [4.69, 9.17) is 16.3 Å². The van der Waals surface area contributed by atoms with Crippen LogP contribution in [0.4, 0.5) is 5.69 Å². The van der Waals surface area contributed by atoms with Gasteiger partial charge in [0.2, 0.25) is 5.78 Å². The summed E-state index contributed by atoms with van der Waals surface area (Å²) in [5.41, 5.74) is 1.42. The van der Waals surface area contributed by atoms with E-state index in [0.29, 0.717) is 16.5 Å². The Hall–Kier alpha value is -1.98. The minimum Gasteiger partial charge on any atom is -0.497 e. The van der Waals surface area contributed by atoms with Gasteiger partial charge in [0.15, 0.2) is 0 Å². The van der Waals surface area contributed by atoms with Gasteiger partial charge in [0.25, 0.3) is 5.91 Å². The molecule has 0 fully saturated rings. The average molecular weight is 348 g/mol. The number of amides is 1. The highest BCUT2D eigenvalue weighted by atomic mass is 35.5. The van der Waals surface area contributed by atoms with Gasteiger partial charge < -0.3 is 9.64 Å². The number of carbonyl (C=O) groups excluding carboxylic acids is 2. The number of anilines is 1. The zero-order valence-electron chi connectivity index (χ0n) is 12.6. The number of ketones is 1. The number of nitrogens with zero attached hydrogens (tertiary/aromatic N) is 1. The number of likely N-dealkylation sites (N-methyl/N-ethyl adjacent to an activating group) is 1. The molecular weight excluding hydrogens is 334 g/mol. The molecule has 0 radical (unpaired) electrons. The van der Waals surface area contributed by atoms with Crippen LogP contribution in [-0.2, 0) is 9.59 Å². The first-order valence-electron chi connectivity index (χ1n) is 6.93. The molecule has 0 saturated heterocycles. The molecule has 1 aliphatic heterocycles. The highest BCUT2D eigenvalue weighted by molar-refractivity contribution is 8.00. The topological polar surface area (TPSA) is 46.6 Å². The number of Topliss-reactive ketones (excluding diaryl/α,β-unsaturated/α-hetero) is 1. The van der Waals surface area contributed by atoms with E-state index in [1.54, 1.807) is 38.4 Å². The summed E-state index contributed by atoms with van der Waals surface area (Å²) in [6.45, 7) is 0. The van der Waals surface area contributed by atoms with Crippen molar-refractivity contribution in [3.63, 3.8) is 0 Å². The largest absolute Gasteiger partial charge is 0.497 e. The minimum atomic E-state index is -0.585. The Balaban J connectivity index is 2.05. The fourth-order valence-electron chi connectivity index (χ4n) is 2.42. The summed E-state index contributed by atoms with van der Waals surface area (Å²) >= 11 is 7.38. The minimum absolute atomic E-state index is 0.449. The monoisotopic (exact) mass is 347 g/mol. The number of fused-ring (bicyclic) bond motifs is 1. The maximum absolute atomic E-state index is 12.6. The predicted octanol–water partition coefficient (Wildman–Crippen LogP) is 3.73. The number of rotatable bonds is 2. The molecule has 0 aromatic heterocycles. The Kier molecular flexibility index (Phi) is 4.33. The van der Waals surface area contributed by atoms with Gasteiger partial charge in [0, 0.05) is 17.0 Å². The number of methoxy groups -OCH3 is 1. The molecule has 1 atom stereocenters. The molecule has 0 N–H and O–H groups in total. The van der Waals surface area contributed by atoms with Crippen LogP contribution in [0.1, 0.15) is 10.8 Å². The van der Waals surface area contributed by atoms with Gasteiger partial charge in [-0.05, 0) is 35.9 Å². The number of benzene rings is 2. The summed E-state index contributed by atoms with van der Waals surface area (Å²) < 4.78 is 5.13. The summed E-state index contributed by atoms with van der Waals surface area (Å²) in [7, 11) is 3.17. The average Bonchev–Trinajstić information content (AvgIpc) is 2.66. The smallest absolute Gasteiger partial charge is 0.295 e. The lowest BCUT2D eigenvalue weighted by Gasteiger charge is -2.16. The third kappa shape index (κ3) is 2.94. The summed E-state index contributed by atoms with van der Waals surface area (Å²) in [4.78, 5) is 27.2. The Morgan fingerprint density at radius 1 is 1.13 bits per heavy atom. The molecule has 3 rings (SSSR count). The molecular formula is C17H14ClNO3S. The molecule has 2 aromatic carbocycles. The number of halogens is 1. The van der Waals surface area contributed by atoms with Crippen LogP contribution in [0.2, 0.25) is 5.02 Å². The van der Waals surface area contributed by atoms with Gasteiger partial charge in [-0.25, -0.2) is 0 Å². The van der Waals surface area contributed by atoms with Crippen LogP contribution >= 0.6 is 23.4 Å². The summed E-state index contributed by atoms with van der Waals surface area (Å²) in [5, 5.41) is -0.0578. The Morgan fingerprint density at radius 3 is 2.48 bits per heavy atom. The van der Waals surface area contributed by atoms with Gasteiger partial charge in [0.1, 0.15) is 11.0 Å². The number of ether oxygens (including phenoxy) is 1. The molecule has 2 aromatic rings. The number of thioether (sulfide) groups is 1. The highest BCUT2D eigenvalue weighted by Gasteiger charge is 2.35. The summed E-state index contributed by atoms with van der Waals surface area (Å²) in [5.74, 6) is -0.287. The first-order chi connectivity index (χ1) is 11.0. The first-order valence-corrected chi connectivity index (χ1v) is 8.19. The Morgan fingerprint density at radius 2 is 1.83 bits per heavy atom. The Bertz CT molecular complexity index is 776. The van der Waals surface area contributed by atoms with Gasteiger partial charge in [-0.15, -0.1) is 11.8 Å². The predicted molar refractivity (Wildman–Crippen MR) is 91.5 cm³/mol. The van der Waals surface area contributed by atoms with Crippen LogP contribution in [0, 0.1) is 0 Å². The molecule has 118 valence electrons. The SMILES string of the molecule is COc1ccc(C2Sc3ccc(Cl)cc3N(C)C(=O)C2=O)cc1. The molecule has 0 spiro atoms. The Labute approximate surface area is 143 Å². The van der Waals surface area contributed by atoms with Crippen molar-refractivity contribution in [1.82, 2.24) is 0 Å². The number of hydrogen-bond donors (Lipinski definition) is 0. The number of hydrogen-bond acceptors (Lipinski definition) is 4. The standard InChI is InChI=1S/C17H14ClNO3S/c1-19-13-9-11(18)5-8-14(13)23-16(15(20)17(19)21)10-3-6-12(22-2)7-4-10/h3-9,16H,1-2H3. The van der Waals surface area contributed by atoms with Crippen LogP contribution in [0.25, 0.3) is 0 Å². The maximum Gasteiger partial charge on any atom is 0.295 e. The lowest BCUT2D eigenvalue weighted by molar-refractivity contribution is -0.135. The van der Waals surface area contributed by atoms with Gasteiger partial charge in [0.05, 0.1) is 12.8 Å². The highest BCUT2D eigenvalue weighted by Crippen LogP contribution is 2.44. The lowest BCUT2D eigenvalue weighted by atomic mass is 10.1. The van der Waals surface area contributed by atoms with Crippen LogP contribution in [-0.4, -0.2) is 25.8 Å². The second-order valence-electron chi connectivity index (χ2n) is 5.11. The fraction of sp³-hybridized carbons (Fsp3) is 0.176. The van der Waals surface area contributed by atoms with Crippen molar-refractivity contribution in [2.45, 2.75) is 10.1 Å². The van der Waals surface area contributed by atoms with Crippen LogP contribution in [0.3, 0.4) is 0 Å². The molecule has 4 nitrogen and oxygen atoms in total. The maximum atomic E-state index is 12.6. The molecule has 0 bridgehead atoms. The van der Waals surface area contributed by atoms with E-state index in [1.807, 2.05) is 18.2 Å². The van der Waals surface area contributed by atoms with Crippen molar-refractivity contribution >= 4 is 40.7 Å². The van der Waals surface area contributed by atoms with Crippen LogP contribution in [0.15, 0.2) is 47.4 Å². The van der Waals surface area contributed by atoms with Gasteiger partial charge in [-0.3, -0.25) is 9.59 Å². The molecule has 1 heterocycles. The molecule has 1 amide bonds. The van der Waals surface area contributed by atoms with E-state index >= 15 is 0 Å². The van der Waals surface area contributed by atoms with Crippen LogP contribution < -0.4 is 9.64 Å². The zero-order chi connectivity index (χ0) is 16.6. The lowest BCUT2D eigenvalue weighted by Crippen LogP contribution is -2.34. The third-order valence-electron chi connectivity index (χ3n) is 3.70. The fourth-order valence-corrected chi connectivity index (χ4v) is 3.80. The van der Waals surface area contributed by atoms with Crippen LogP contribution in [0.5, 0.6) is 5.75 Å². The normalized spacial score (nSPS) is 17.7. The van der Waals surface area contributed by atoms with Crippen molar-refractivity contribution in [3.05, 3.63) is 53.1 Å². The summed E-state index contributed by atoms with van der Waals surface area (Å²) in [6.07, 6.45) is 0. The quantitative estimate of drug-likeness (QED) is 0.777. The first kappa shape index (κ1) is 15.9. The van der Waals surface area contributed by atoms with Gasteiger partial charge in [-0.1, -0.05) is 23.7 Å². The van der Waals surface area contributed by atoms with Gasteiger partial charge >= 0.3 is 0 Å². The molecule has 23 heavy (non-hydrogen) atoms. The van der Waals surface area contributed by atoms with E-state index < -0.39 is 16.9 Å². The molecule has 0 saturated carbocycles. The molecule has 1 unspecified atom stereocenters. The van der Waals surface area contributed by atoms with E-state index in [-0.39, 0.29) is 0 Å². The number of carbonyl (C=O) groups is 2. The molecule has 1 aliphatic rings. The van der Waals surface area contributed by atoms with Crippen molar-refractivity contribution < 1.29 is 14.3 Å². The second kappa shape index (κ2) is 6.26.